The van der Waals surface area contributed by atoms with Gasteiger partial charge in [0.25, 0.3) is 0 Å². The van der Waals surface area contributed by atoms with Crippen molar-refractivity contribution in [2.24, 2.45) is 35.3 Å². The van der Waals surface area contributed by atoms with Gasteiger partial charge in [-0.2, -0.15) is 23.5 Å². The summed E-state index contributed by atoms with van der Waals surface area (Å²) in [5, 5.41) is 27.9. The van der Waals surface area contributed by atoms with E-state index in [4.69, 9.17) is 29.4 Å². The standard InChI is InChI=1S/C51H65N3O8S2.C35H54N4O6S2.2CH4/c1-8-32(2)47(53(4)51(59)35(31-63-7)27-46(57)62-30-41-38-21-14-12-19-36(38)37-20-13-15-22-39(37)41)44(60-5)29-45(56)54-25-16-23-42(54)49(61-6)33(3)43(55)28-40(50-52-24-26-64-50)48(58)34-17-10-9-11-18-34;1-8-22(2)31(38(4)35(43)26(36)21-46-7)29(44-5)20-30(41)39-17-12-15-27(39)33(45-6)23(3)28(40)19-25(34-37-16-18-47-34)32(42)24-13-10-9-11-14-24;;/h9-15,17-22,24,26,32-33,35,40-42,44,47-49,58H,8,16,23,25,27-31H2,1-7H3;9-11,13-14,16,18,22-23,25-27,29,31-33,42H,8,12,15,17,19-21,36H2,1-7H3;2*1H4/t32-,33-,35-,40?,42-,44+,47-,48-,49+;22-,23-,25?,26-,27-,29+,31-,32-,33+;;/m00../s1. The number of amides is 4. The number of hydrogen-bond acceptors (Lipinski definition) is 21. The first-order valence-electron chi connectivity index (χ1n) is 39.0. The monoisotopic (exact) mass is 1630 g/mol. The van der Waals surface area contributed by atoms with Crippen LogP contribution in [-0.4, -0.2) is 222 Å². The van der Waals surface area contributed by atoms with Crippen LogP contribution in [0.4, 0.5) is 0 Å². The summed E-state index contributed by atoms with van der Waals surface area (Å²) in [6, 6.07) is 32.9. The molecule has 0 bridgehead atoms. The van der Waals surface area contributed by atoms with Crippen LogP contribution in [0.2, 0.25) is 0 Å². The lowest BCUT2D eigenvalue weighted by Crippen LogP contribution is -2.55. The molecule has 2 saturated heterocycles. The van der Waals surface area contributed by atoms with Gasteiger partial charge in [-0.15, -0.1) is 22.7 Å². The van der Waals surface area contributed by atoms with Crippen molar-refractivity contribution in [2.45, 2.75) is 212 Å². The third-order valence-corrected chi connectivity index (χ3v) is 26.5. The zero-order valence-electron chi connectivity index (χ0n) is 67.2. The van der Waals surface area contributed by atoms with Gasteiger partial charge in [0.15, 0.2) is 0 Å². The van der Waals surface area contributed by atoms with Crippen molar-refractivity contribution in [3.8, 4) is 11.1 Å². The first-order valence-corrected chi connectivity index (χ1v) is 43.6. The molecule has 0 saturated carbocycles. The van der Waals surface area contributed by atoms with E-state index in [-0.39, 0.29) is 125 Å². The summed E-state index contributed by atoms with van der Waals surface area (Å²) in [6.07, 6.45) is 7.75. The van der Waals surface area contributed by atoms with E-state index >= 15 is 0 Å². The molecule has 2 fully saturated rings. The number of aliphatic hydroxyl groups is 2. The Bertz CT molecular complexity index is 3840. The number of nitrogens with zero attached hydrogens (tertiary/aromatic N) is 6. The molecule has 6 aromatic rings. The number of fused-ring (bicyclic) bond motifs is 3. The highest BCUT2D eigenvalue weighted by Gasteiger charge is 2.46. The van der Waals surface area contributed by atoms with Crippen LogP contribution >= 0.6 is 46.2 Å². The number of esters is 1. The van der Waals surface area contributed by atoms with Crippen LogP contribution in [0.1, 0.15) is 189 Å². The fraction of sp³-hybridized carbons (Fsp3) is 0.580. The molecule has 21 nitrogen and oxygen atoms in total. The zero-order chi connectivity index (χ0) is 80.6. The number of benzene rings is 4. The number of carbonyl (C=O) groups is 7. The third kappa shape index (κ3) is 24.0. The maximum Gasteiger partial charge on any atom is 0.306 e. The van der Waals surface area contributed by atoms with E-state index in [1.807, 2.05) is 132 Å². The minimum Gasteiger partial charge on any atom is -0.465 e. The van der Waals surface area contributed by atoms with Gasteiger partial charge < -0.3 is 59.2 Å². The zero-order valence-corrected chi connectivity index (χ0v) is 70.4. The van der Waals surface area contributed by atoms with Crippen LogP contribution in [0.5, 0.6) is 0 Å². The van der Waals surface area contributed by atoms with Crippen molar-refractivity contribution in [3.63, 3.8) is 0 Å². The normalized spacial score (nSPS) is 18.8. The number of carbonyl (C=O) groups excluding carboxylic acids is 7. The number of methoxy groups -OCH3 is 4. The maximum atomic E-state index is 14.5. The number of Topliss-reactive ketones (excluding diaryl/α,β-unsaturated/α-hetero) is 2. The second kappa shape index (κ2) is 46.9. The second-order valence-electron chi connectivity index (χ2n) is 30.0. The first kappa shape index (κ1) is 95.1. The minimum atomic E-state index is -0.924. The third-order valence-electron chi connectivity index (χ3n) is 23.3. The molecule has 4 N–H and O–H groups in total. The van der Waals surface area contributed by atoms with E-state index in [0.717, 1.165) is 53.5 Å². The van der Waals surface area contributed by atoms with Crippen molar-refractivity contribution in [2.75, 3.05) is 86.2 Å². The molecule has 2 aliphatic heterocycles. The molecule has 113 heavy (non-hydrogen) atoms. The molecule has 4 heterocycles. The SMILES string of the molecule is C.C.CC[C@H](C)[C@@H]([C@@H](CC(=O)N1CCC[C@H]1[C@H](OC)[C@@H](C)C(=O)CC(c1nccs1)[C@@H](O)c1ccccc1)OC)N(C)C(=O)[C@@H](N)CSC.CC[C@H](C)[C@@H]([C@@H](CC(=O)N1CCC[C@H]1[C@H](OC)[C@@H](C)C(=O)CC(c1nccs1)[C@@H](O)c1ccccc1)OC)N(C)C(=O)[C@H](CSC)CC(=O)OCC1c2ccccc2-c2ccccc21. The molecule has 0 spiro atoms. The van der Waals surface area contributed by atoms with Gasteiger partial charge in [0.1, 0.15) is 18.2 Å². The van der Waals surface area contributed by atoms with Gasteiger partial charge in [-0.3, -0.25) is 33.6 Å². The van der Waals surface area contributed by atoms with Crippen LogP contribution in [0.3, 0.4) is 0 Å². The lowest BCUT2D eigenvalue weighted by molar-refractivity contribution is -0.151. The summed E-state index contributed by atoms with van der Waals surface area (Å²) < 4.78 is 30.0. The number of ether oxygens (including phenoxy) is 5. The van der Waals surface area contributed by atoms with Crippen molar-refractivity contribution >= 4 is 87.4 Å². The van der Waals surface area contributed by atoms with Gasteiger partial charge in [-0.05, 0) is 83.4 Å². The maximum absolute atomic E-state index is 14.5. The first-order chi connectivity index (χ1) is 53.4. The van der Waals surface area contributed by atoms with E-state index in [2.05, 4.69) is 61.9 Å². The molecule has 3 aliphatic rings. The minimum absolute atomic E-state index is 0. The molecule has 9 rings (SSSR count). The van der Waals surface area contributed by atoms with Gasteiger partial charge in [-0.25, -0.2) is 9.97 Å². The number of rotatable bonds is 42. The number of nitrogens with two attached hydrogens (primary N) is 1. The summed E-state index contributed by atoms with van der Waals surface area (Å²) in [7, 11) is 9.82. The average Bonchev–Trinajstić information content (AvgIpc) is 1.63. The topological polar surface area (TPSA) is 271 Å². The number of hydrogen-bond donors (Lipinski definition) is 3. The highest BCUT2D eigenvalue weighted by Crippen LogP contribution is 2.46. The van der Waals surface area contributed by atoms with E-state index < -0.39 is 84.3 Å². The number of thioether (sulfide) groups is 2. The largest absolute Gasteiger partial charge is 0.465 e. The Morgan fingerprint density at radius 1 is 0.558 bits per heavy atom. The lowest BCUT2D eigenvalue weighted by atomic mass is 9.84. The Morgan fingerprint density at radius 2 is 0.956 bits per heavy atom. The van der Waals surface area contributed by atoms with Crippen molar-refractivity contribution in [1.82, 2.24) is 29.6 Å². The van der Waals surface area contributed by atoms with E-state index in [9.17, 15) is 43.8 Å². The van der Waals surface area contributed by atoms with Crippen LogP contribution in [-0.2, 0) is 57.2 Å². The molecular weight excluding hydrogens is 1510 g/mol. The van der Waals surface area contributed by atoms with Crippen LogP contribution < -0.4 is 5.73 Å². The van der Waals surface area contributed by atoms with Gasteiger partial charge in [-0.1, -0.05) is 178 Å². The fourth-order valence-electron chi connectivity index (χ4n) is 16.8. The summed E-state index contributed by atoms with van der Waals surface area (Å²) >= 11 is 5.86. The van der Waals surface area contributed by atoms with Crippen molar-refractivity contribution in [1.29, 1.82) is 0 Å². The summed E-state index contributed by atoms with van der Waals surface area (Å²) in [5.74, 6) is -3.04. The average molecular weight is 1640 g/mol. The number of aliphatic hydroxyl groups excluding tert-OH is 2. The van der Waals surface area contributed by atoms with Gasteiger partial charge in [0.05, 0.1) is 102 Å². The Labute approximate surface area is 689 Å². The van der Waals surface area contributed by atoms with E-state index in [0.29, 0.717) is 53.0 Å². The van der Waals surface area contributed by atoms with Crippen LogP contribution in [0, 0.1) is 29.6 Å². The Kier molecular flexibility index (Phi) is 39.4. The molecule has 622 valence electrons. The quantitative estimate of drug-likeness (QED) is 0.0300. The molecule has 25 heteroatoms. The van der Waals surface area contributed by atoms with Crippen LogP contribution in [0.25, 0.3) is 11.1 Å². The second-order valence-corrected chi connectivity index (χ2v) is 33.7. The Balaban J connectivity index is 0.000000363. The molecule has 2 aromatic heterocycles. The number of thiazole rings is 2. The molecule has 4 aromatic carbocycles. The number of likely N-dealkylation sites (N-methyl/N-ethyl adjacent to an activating group) is 2. The predicted octanol–water partition coefficient (Wildman–Crippen LogP) is 14.4. The summed E-state index contributed by atoms with van der Waals surface area (Å²) in [6.45, 7) is 13.2. The molecule has 0 radical (unpaired) electrons. The van der Waals surface area contributed by atoms with Crippen LogP contribution in [0.15, 0.2) is 132 Å². The lowest BCUT2D eigenvalue weighted by Gasteiger charge is -2.40. The highest BCUT2D eigenvalue weighted by atomic mass is 32.2. The molecule has 18 atom stereocenters. The molecule has 1 aliphatic carbocycles. The van der Waals surface area contributed by atoms with E-state index in [1.54, 1.807) is 64.7 Å². The summed E-state index contributed by atoms with van der Waals surface area (Å²) in [5.41, 5.74) is 12.2. The number of ketones is 2. The Morgan fingerprint density at radius 3 is 1.33 bits per heavy atom. The van der Waals surface area contributed by atoms with Gasteiger partial charge in [0, 0.05) is 133 Å². The van der Waals surface area contributed by atoms with Crippen molar-refractivity contribution in [3.05, 3.63) is 165 Å². The Hall–Kier alpha value is -6.75. The van der Waals surface area contributed by atoms with Gasteiger partial charge in [0.2, 0.25) is 23.6 Å². The van der Waals surface area contributed by atoms with Gasteiger partial charge >= 0.3 is 5.97 Å². The number of aromatic nitrogens is 2. The van der Waals surface area contributed by atoms with Crippen molar-refractivity contribution < 1.29 is 67.5 Å². The molecular formula is C88H127N7O14S4. The fourth-order valence-corrected chi connectivity index (χ4v) is 19.6. The predicted molar refractivity (Wildman–Crippen MR) is 455 cm³/mol. The molecule has 4 amide bonds. The molecule has 2 unspecified atom stereocenters. The highest BCUT2D eigenvalue weighted by molar-refractivity contribution is 7.98. The number of likely N-dealkylation sites (tertiary alicyclic amines) is 2. The summed E-state index contributed by atoms with van der Waals surface area (Å²) in [4.78, 5) is 114. The smallest absolute Gasteiger partial charge is 0.306 e. The van der Waals surface area contributed by atoms with E-state index in [1.165, 1.54) is 46.2 Å².